The zero-order valence-corrected chi connectivity index (χ0v) is 13.1. The van der Waals surface area contributed by atoms with Gasteiger partial charge in [0, 0.05) is 34.3 Å². The van der Waals surface area contributed by atoms with E-state index < -0.39 is 4.92 Å². The van der Waals surface area contributed by atoms with Gasteiger partial charge < -0.3 is 4.90 Å². The highest BCUT2D eigenvalue weighted by Gasteiger charge is 2.18. The van der Waals surface area contributed by atoms with E-state index in [4.69, 9.17) is 23.2 Å². The van der Waals surface area contributed by atoms with Crippen molar-refractivity contribution >= 4 is 34.8 Å². The molecule has 2 aromatic rings. The molecule has 0 aromatic heterocycles. The fourth-order valence-electron chi connectivity index (χ4n) is 2.05. The van der Waals surface area contributed by atoms with E-state index in [9.17, 15) is 14.9 Å². The fraction of sp³-hybridized carbons (Fsp3) is 0.133. The largest absolute Gasteiger partial charge is 0.337 e. The first-order valence-electron chi connectivity index (χ1n) is 6.32. The van der Waals surface area contributed by atoms with E-state index in [0.717, 1.165) is 0 Å². The first-order valence-corrected chi connectivity index (χ1v) is 7.08. The Morgan fingerprint density at radius 3 is 2.36 bits per heavy atom. The van der Waals surface area contributed by atoms with E-state index in [2.05, 4.69) is 0 Å². The number of nitro groups is 1. The van der Waals surface area contributed by atoms with E-state index >= 15 is 0 Å². The predicted molar refractivity (Wildman–Crippen MR) is 85.4 cm³/mol. The van der Waals surface area contributed by atoms with Crippen LogP contribution in [0.25, 0.3) is 0 Å². The highest BCUT2D eigenvalue weighted by atomic mass is 35.5. The SMILES string of the molecule is CN(Cc1ccccc1[N+](=O)[O-])C(=O)c1cc(Cl)cc(Cl)c1. The molecule has 0 spiro atoms. The van der Waals surface area contributed by atoms with Crippen LogP contribution in [0.4, 0.5) is 5.69 Å². The Hall–Kier alpha value is -2.11. The second-order valence-corrected chi connectivity index (χ2v) is 5.58. The molecule has 0 aliphatic rings. The molecule has 0 bridgehead atoms. The van der Waals surface area contributed by atoms with Gasteiger partial charge in [-0.05, 0) is 18.2 Å². The van der Waals surface area contributed by atoms with Gasteiger partial charge in [-0.1, -0.05) is 41.4 Å². The Balaban J connectivity index is 2.24. The monoisotopic (exact) mass is 338 g/mol. The van der Waals surface area contributed by atoms with Crippen molar-refractivity contribution in [2.24, 2.45) is 0 Å². The van der Waals surface area contributed by atoms with Gasteiger partial charge in [0.2, 0.25) is 0 Å². The minimum atomic E-state index is -0.468. The Bertz CT molecular complexity index is 714. The molecule has 2 rings (SSSR count). The molecule has 5 nitrogen and oxygen atoms in total. The lowest BCUT2D eigenvalue weighted by atomic mass is 10.1. The summed E-state index contributed by atoms with van der Waals surface area (Å²) in [6.07, 6.45) is 0. The van der Waals surface area contributed by atoms with Crippen LogP contribution in [-0.2, 0) is 6.54 Å². The number of para-hydroxylation sites is 1. The Kier molecular flexibility index (Phi) is 5.00. The van der Waals surface area contributed by atoms with Crippen LogP contribution in [0.5, 0.6) is 0 Å². The normalized spacial score (nSPS) is 10.3. The van der Waals surface area contributed by atoms with E-state index in [0.29, 0.717) is 21.2 Å². The average molecular weight is 339 g/mol. The van der Waals surface area contributed by atoms with Gasteiger partial charge in [-0.15, -0.1) is 0 Å². The summed E-state index contributed by atoms with van der Waals surface area (Å²) in [6, 6.07) is 10.8. The lowest BCUT2D eigenvalue weighted by Crippen LogP contribution is -2.26. The van der Waals surface area contributed by atoms with E-state index in [-0.39, 0.29) is 18.1 Å². The maximum absolute atomic E-state index is 12.4. The third-order valence-corrected chi connectivity index (χ3v) is 3.49. The van der Waals surface area contributed by atoms with Crippen molar-refractivity contribution in [2.45, 2.75) is 6.54 Å². The molecule has 0 atom stereocenters. The summed E-state index contributed by atoms with van der Waals surface area (Å²) in [4.78, 5) is 24.3. The maximum Gasteiger partial charge on any atom is 0.274 e. The Morgan fingerprint density at radius 1 is 1.18 bits per heavy atom. The van der Waals surface area contributed by atoms with Gasteiger partial charge >= 0.3 is 0 Å². The molecular formula is C15H12Cl2N2O3. The molecule has 1 amide bonds. The number of nitrogens with zero attached hydrogens (tertiary/aromatic N) is 2. The van der Waals surface area contributed by atoms with Crippen LogP contribution in [0.2, 0.25) is 10.0 Å². The van der Waals surface area contributed by atoms with Crippen molar-refractivity contribution in [3.05, 3.63) is 73.8 Å². The molecule has 0 heterocycles. The first kappa shape index (κ1) is 16.3. The van der Waals surface area contributed by atoms with Gasteiger partial charge in [-0.2, -0.15) is 0 Å². The van der Waals surface area contributed by atoms with Crippen LogP contribution in [-0.4, -0.2) is 22.8 Å². The smallest absolute Gasteiger partial charge is 0.274 e. The van der Waals surface area contributed by atoms with Gasteiger partial charge in [-0.25, -0.2) is 0 Å². The molecule has 0 N–H and O–H groups in total. The number of carbonyl (C=O) groups is 1. The number of benzene rings is 2. The molecule has 114 valence electrons. The van der Waals surface area contributed by atoms with E-state index in [1.54, 1.807) is 25.2 Å². The third-order valence-electron chi connectivity index (χ3n) is 3.05. The second kappa shape index (κ2) is 6.77. The van der Waals surface area contributed by atoms with Crippen LogP contribution < -0.4 is 0 Å². The van der Waals surface area contributed by atoms with Gasteiger partial charge in [-0.3, -0.25) is 14.9 Å². The first-order chi connectivity index (χ1) is 10.4. The summed E-state index contributed by atoms with van der Waals surface area (Å²) >= 11 is 11.8. The molecule has 2 aromatic carbocycles. The van der Waals surface area contributed by atoms with Crippen molar-refractivity contribution in [1.29, 1.82) is 0 Å². The number of halogens is 2. The molecule has 7 heteroatoms. The predicted octanol–water partition coefficient (Wildman–Crippen LogP) is 4.17. The van der Waals surface area contributed by atoms with Crippen LogP contribution >= 0.6 is 23.2 Å². The lowest BCUT2D eigenvalue weighted by molar-refractivity contribution is -0.385. The Labute approximate surface area is 137 Å². The van der Waals surface area contributed by atoms with E-state index in [1.165, 1.54) is 29.2 Å². The molecule has 22 heavy (non-hydrogen) atoms. The third kappa shape index (κ3) is 3.75. The molecular weight excluding hydrogens is 327 g/mol. The maximum atomic E-state index is 12.4. The topological polar surface area (TPSA) is 63.4 Å². The summed E-state index contributed by atoms with van der Waals surface area (Å²) in [5, 5.41) is 11.7. The second-order valence-electron chi connectivity index (χ2n) is 4.71. The van der Waals surface area contributed by atoms with Crippen molar-refractivity contribution < 1.29 is 9.72 Å². The summed E-state index contributed by atoms with van der Waals surface area (Å²) in [5.74, 6) is -0.317. The number of amides is 1. The minimum Gasteiger partial charge on any atom is -0.337 e. The molecule has 0 fully saturated rings. The van der Waals surface area contributed by atoms with Gasteiger partial charge in [0.25, 0.3) is 11.6 Å². The summed E-state index contributed by atoms with van der Waals surface area (Å²) in [6.45, 7) is 0.111. The Morgan fingerprint density at radius 2 is 1.77 bits per heavy atom. The molecule has 0 saturated carbocycles. The van der Waals surface area contributed by atoms with Crippen LogP contribution in [0.3, 0.4) is 0 Å². The number of hydrogen-bond acceptors (Lipinski definition) is 3. The molecule has 0 aliphatic carbocycles. The minimum absolute atomic E-state index is 0.0220. The highest BCUT2D eigenvalue weighted by molar-refractivity contribution is 6.35. The fourth-order valence-corrected chi connectivity index (χ4v) is 2.57. The lowest BCUT2D eigenvalue weighted by Gasteiger charge is -2.17. The number of carbonyl (C=O) groups excluding carboxylic acids is 1. The molecule has 0 saturated heterocycles. The zero-order valence-electron chi connectivity index (χ0n) is 11.6. The van der Waals surface area contributed by atoms with Crippen LogP contribution in [0.1, 0.15) is 15.9 Å². The van der Waals surface area contributed by atoms with Crippen LogP contribution in [0.15, 0.2) is 42.5 Å². The van der Waals surface area contributed by atoms with Crippen LogP contribution in [0, 0.1) is 10.1 Å². The van der Waals surface area contributed by atoms with E-state index in [1.807, 2.05) is 0 Å². The number of nitro benzene ring substituents is 1. The van der Waals surface area contributed by atoms with Gasteiger partial charge in [0.1, 0.15) is 0 Å². The summed E-state index contributed by atoms with van der Waals surface area (Å²) < 4.78 is 0. The van der Waals surface area contributed by atoms with Gasteiger partial charge in [0.15, 0.2) is 0 Å². The summed E-state index contributed by atoms with van der Waals surface area (Å²) in [7, 11) is 1.56. The number of rotatable bonds is 4. The number of hydrogen-bond donors (Lipinski definition) is 0. The van der Waals surface area contributed by atoms with Crippen molar-refractivity contribution in [1.82, 2.24) is 4.90 Å². The molecule has 0 unspecified atom stereocenters. The summed E-state index contributed by atoms with van der Waals surface area (Å²) in [5.41, 5.74) is 0.765. The highest BCUT2D eigenvalue weighted by Crippen LogP contribution is 2.22. The van der Waals surface area contributed by atoms with Crippen molar-refractivity contribution in [3.8, 4) is 0 Å². The van der Waals surface area contributed by atoms with Crippen molar-refractivity contribution in [2.75, 3.05) is 7.05 Å². The molecule has 0 radical (unpaired) electrons. The van der Waals surface area contributed by atoms with Gasteiger partial charge in [0.05, 0.1) is 11.5 Å². The average Bonchev–Trinajstić information content (AvgIpc) is 2.45. The standard InChI is InChI=1S/C15H12Cl2N2O3/c1-18(9-10-4-2-3-5-14(10)19(21)22)15(20)11-6-12(16)8-13(17)7-11/h2-8H,9H2,1H3. The quantitative estimate of drug-likeness (QED) is 0.620. The molecule has 0 aliphatic heterocycles. The van der Waals surface area contributed by atoms with Crippen molar-refractivity contribution in [3.63, 3.8) is 0 Å². The zero-order chi connectivity index (χ0) is 16.3.